The highest BCUT2D eigenvalue weighted by atomic mass is 32.2. The number of thioether (sulfide) groups is 1. The number of amides is 1. The maximum Gasteiger partial charge on any atom is 0.325 e. The topological polar surface area (TPSA) is 46.6 Å². The van der Waals surface area contributed by atoms with Crippen molar-refractivity contribution in [3.05, 3.63) is 30.1 Å². The number of likely N-dealkylation sites (N-methyl/N-ethyl adjacent to an activating group) is 1. The van der Waals surface area contributed by atoms with Crippen LogP contribution in [0.2, 0.25) is 0 Å². The first-order chi connectivity index (χ1) is 9.02. The van der Waals surface area contributed by atoms with E-state index in [9.17, 15) is 14.0 Å². The Hall–Kier alpha value is -1.56. The maximum absolute atomic E-state index is 12.7. The van der Waals surface area contributed by atoms with Crippen molar-refractivity contribution in [1.29, 1.82) is 0 Å². The van der Waals surface area contributed by atoms with Crippen LogP contribution in [-0.2, 0) is 14.3 Å². The molecule has 6 heteroatoms. The highest BCUT2D eigenvalue weighted by Gasteiger charge is 2.13. The molecule has 0 radical (unpaired) electrons. The second kappa shape index (κ2) is 7.78. The van der Waals surface area contributed by atoms with Crippen LogP contribution in [0, 0.1) is 5.82 Å². The zero-order valence-corrected chi connectivity index (χ0v) is 11.7. The summed E-state index contributed by atoms with van der Waals surface area (Å²) < 4.78 is 17.5. The lowest BCUT2D eigenvalue weighted by Gasteiger charge is -2.15. The fourth-order valence-electron chi connectivity index (χ4n) is 1.27. The van der Waals surface area contributed by atoms with E-state index in [1.165, 1.54) is 28.8 Å². The van der Waals surface area contributed by atoms with Crippen molar-refractivity contribution < 1.29 is 18.7 Å². The van der Waals surface area contributed by atoms with Gasteiger partial charge in [0.2, 0.25) is 5.91 Å². The number of carbonyl (C=O) groups excluding carboxylic acids is 2. The smallest absolute Gasteiger partial charge is 0.325 e. The third kappa shape index (κ3) is 5.74. The molecular formula is C13H16FNO3S. The van der Waals surface area contributed by atoms with Crippen LogP contribution in [0.3, 0.4) is 0 Å². The molecule has 0 bridgehead atoms. The molecule has 1 amide bonds. The van der Waals surface area contributed by atoms with Crippen LogP contribution >= 0.6 is 11.8 Å². The van der Waals surface area contributed by atoms with Gasteiger partial charge >= 0.3 is 5.97 Å². The van der Waals surface area contributed by atoms with Gasteiger partial charge in [0, 0.05) is 11.9 Å². The van der Waals surface area contributed by atoms with Gasteiger partial charge in [-0.25, -0.2) is 4.39 Å². The average molecular weight is 285 g/mol. The Morgan fingerprint density at radius 1 is 1.32 bits per heavy atom. The molecule has 1 aromatic carbocycles. The van der Waals surface area contributed by atoms with E-state index in [-0.39, 0.29) is 24.0 Å². The quantitative estimate of drug-likeness (QED) is 0.592. The van der Waals surface area contributed by atoms with Crippen molar-refractivity contribution in [3.8, 4) is 0 Å². The van der Waals surface area contributed by atoms with Crippen LogP contribution < -0.4 is 0 Å². The average Bonchev–Trinajstić information content (AvgIpc) is 2.37. The maximum atomic E-state index is 12.7. The van der Waals surface area contributed by atoms with Crippen LogP contribution in [0.1, 0.15) is 6.92 Å². The molecular weight excluding hydrogens is 269 g/mol. The van der Waals surface area contributed by atoms with Crippen molar-refractivity contribution in [3.63, 3.8) is 0 Å². The van der Waals surface area contributed by atoms with Crippen molar-refractivity contribution in [1.82, 2.24) is 4.90 Å². The van der Waals surface area contributed by atoms with Crippen molar-refractivity contribution >= 4 is 23.6 Å². The Labute approximate surface area is 115 Å². The normalized spacial score (nSPS) is 10.1. The number of nitrogens with zero attached hydrogens (tertiary/aromatic N) is 1. The number of rotatable bonds is 6. The lowest BCUT2D eigenvalue weighted by atomic mass is 10.4. The van der Waals surface area contributed by atoms with Crippen molar-refractivity contribution in [2.75, 3.05) is 26.0 Å². The summed E-state index contributed by atoms with van der Waals surface area (Å²) in [5.74, 6) is -0.718. The summed E-state index contributed by atoms with van der Waals surface area (Å²) in [5.41, 5.74) is 0. The number of hydrogen-bond acceptors (Lipinski definition) is 4. The molecule has 4 nitrogen and oxygen atoms in total. The monoisotopic (exact) mass is 285 g/mol. The molecule has 1 aromatic rings. The number of benzene rings is 1. The summed E-state index contributed by atoms with van der Waals surface area (Å²) in [6.07, 6.45) is 0. The van der Waals surface area contributed by atoms with Gasteiger partial charge in [-0.2, -0.15) is 0 Å². The fraction of sp³-hybridized carbons (Fsp3) is 0.385. The predicted octanol–water partition coefficient (Wildman–Crippen LogP) is 1.94. The molecule has 0 spiro atoms. The van der Waals surface area contributed by atoms with Crippen LogP contribution in [-0.4, -0.2) is 42.7 Å². The van der Waals surface area contributed by atoms with Crippen molar-refractivity contribution in [2.24, 2.45) is 0 Å². The second-order valence-electron chi connectivity index (χ2n) is 3.80. The van der Waals surface area contributed by atoms with Gasteiger partial charge in [0.1, 0.15) is 12.4 Å². The molecule has 0 aliphatic carbocycles. The minimum atomic E-state index is -0.426. The van der Waals surface area contributed by atoms with E-state index in [2.05, 4.69) is 0 Å². The molecule has 0 N–H and O–H groups in total. The summed E-state index contributed by atoms with van der Waals surface area (Å²) >= 11 is 1.30. The highest BCUT2D eigenvalue weighted by molar-refractivity contribution is 8.00. The molecule has 0 aliphatic rings. The summed E-state index contributed by atoms with van der Waals surface area (Å²) in [6.45, 7) is 1.95. The number of esters is 1. The minimum Gasteiger partial charge on any atom is -0.465 e. The molecule has 104 valence electrons. The molecule has 19 heavy (non-hydrogen) atoms. The summed E-state index contributed by atoms with van der Waals surface area (Å²) in [4.78, 5) is 25.1. The second-order valence-corrected chi connectivity index (χ2v) is 4.85. The van der Waals surface area contributed by atoms with E-state index in [1.54, 1.807) is 26.1 Å². The van der Waals surface area contributed by atoms with E-state index >= 15 is 0 Å². The van der Waals surface area contributed by atoms with E-state index < -0.39 is 5.97 Å². The molecule has 0 atom stereocenters. The first kappa shape index (κ1) is 15.5. The Morgan fingerprint density at radius 2 is 1.95 bits per heavy atom. The Balaban J connectivity index is 2.38. The zero-order chi connectivity index (χ0) is 14.3. The van der Waals surface area contributed by atoms with Crippen LogP contribution in [0.4, 0.5) is 4.39 Å². The lowest BCUT2D eigenvalue weighted by Crippen LogP contribution is -2.34. The van der Waals surface area contributed by atoms with Gasteiger partial charge in [-0.15, -0.1) is 11.8 Å². The predicted molar refractivity (Wildman–Crippen MR) is 71.4 cm³/mol. The molecule has 0 saturated heterocycles. The third-order valence-corrected chi connectivity index (χ3v) is 3.27. The number of carbonyl (C=O) groups is 2. The van der Waals surface area contributed by atoms with Gasteiger partial charge in [-0.3, -0.25) is 9.59 Å². The van der Waals surface area contributed by atoms with Crippen LogP contribution in [0.15, 0.2) is 29.2 Å². The Bertz CT molecular complexity index is 436. The first-order valence-corrected chi connectivity index (χ1v) is 6.79. The van der Waals surface area contributed by atoms with Gasteiger partial charge < -0.3 is 9.64 Å². The largest absolute Gasteiger partial charge is 0.465 e. The summed E-state index contributed by atoms with van der Waals surface area (Å²) in [6, 6.07) is 5.90. The molecule has 0 unspecified atom stereocenters. The molecule has 0 fully saturated rings. The first-order valence-electron chi connectivity index (χ1n) is 5.81. The van der Waals surface area contributed by atoms with E-state index in [0.29, 0.717) is 6.61 Å². The SMILES string of the molecule is CCOC(=O)CN(C)C(=O)CSc1ccc(F)cc1. The minimum absolute atomic E-state index is 0.0589. The van der Waals surface area contributed by atoms with Crippen LogP contribution in [0.25, 0.3) is 0 Å². The summed E-state index contributed by atoms with van der Waals surface area (Å²) in [5, 5.41) is 0. The Morgan fingerprint density at radius 3 is 2.53 bits per heavy atom. The van der Waals surface area contributed by atoms with Gasteiger partial charge in [0.15, 0.2) is 0 Å². The molecule has 0 aliphatic heterocycles. The number of hydrogen-bond donors (Lipinski definition) is 0. The fourth-order valence-corrected chi connectivity index (χ4v) is 2.11. The summed E-state index contributed by atoms with van der Waals surface area (Å²) in [7, 11) is 1.55. The van der Waals surface area contributed by atoms with Gasteiger partial charge in [0.25, 0.3) is 0 Å². The van der Waals surface area contributed by atoms with Crippen molar-refractivity contribution in [2.45, 2.75) is 11.8 Å². The number of ether oxygens (including phenoxy) is 1. The van der Waals surface area contributed by atoms with E-state index in [1.807, 2.05) is 0 Å². The molecule has 1 rings (SSSR count). The zero-order valence-electron chi connectivity index (χ0n) is 10.9. The molecule has 0 heterocycles. The standard InChI is InChI=1S/C13H16FNO3S/c1-3-18-13(17)8-15(2)12(16)9-19-11-6-4-10(14)5-7-11/h4-7H,3,8-9H2,1-2H3. The Kier molecular flexibility index (Phi) is 6.35. The molecule has 0 saturated carbocycles. The van der Waals surface area contributed by atoms with Gasteiger partial charge in [-0.1, -0.05) is 0 Å². The highest BCUT2D eigenvalue weighted by Crippen LogP contribution is 2.18. The molecule has 0 aromatic heterocycles. The number of halogens is 1. The van der Waals surface area contributed by atoms with Crippen LogP contribution in [0.5, 0.6) is 0 Å². The lowest BCUT2D eigenvalue weighted by molar-refractivity contribution is -0.147. The van der Waals surface area contributed by atoms with Gasteiger partial charge in [0.05, 0.1) is 12.4 Å². The van der Waals surface area contributed by atoms with Gasteiger partial charge in [-0.05, 0) is 31.2 Å². The van der Waals surface area contributed by atoms with E-state index in [0.717, 1.165) is 4.90 Å². The third-order valence-electron chi connectivity index (χ3n) is 2.27. The van der Waals surface area contributed by atoms with E-state index in [4.69, 9.17) is 4.74 Å².